The minimum atomic E-state index is -1.07. The minimum Gasteiger partial charge on any atom is -0.480 e. The van der Waals surface area contributed by atoms with Gasteiger partial charge < -0.3 is 9.84 Å². The maximum Gasteiger partial charge on any atom is 0.410 e. The Morgan fingerprint density at radius 1 is 0.853 bits per heavy atom. The average molecular weight is 452 g/mol. The number of aliphatic carboxylic acids is 1. The van der Waals surface area contributed by atoms with E-state index in [4.69, 9.17) is 4.74 Å². The van der Waals surface area contributed by atoms with Crippen LogP contribution in [0.25, 0.3) is 21.9 Å². The lowest BCUT2D eigenvalue weighted by atomic mass is 9.98. The summed E-state index contributed by atoms with van der Waals surface area (Å²) >= 11 is 0. The van der Waals surface area contributed by atoms with Crippen LogP contribution in [0.1, 0.15) is 22.6 Å². The van der Waals surface area contributed by atoms with Crippen LogP contribution < -0.4 is 0 Å². The highest BCUT2D eigenvalue weighted by molar-refractivity contribution is 5.87. The third-order valence-corrected chi connectivity index (χ3v) is 6.67. The van der Waals surface area contributed by atoms with Crippen molar-refractivity contribution in [3.63, 3.8) is 0 Å². The zero-order chi connectivity index (χ0) is 23.7. The molecule has 0 radical (unpaired) electrons. The van der Waals surface area contributed by atoms with E-state index in [1.807, 2.05) is 66.7 Å². The van der Waals surface area contributed by atoms with Gasteiger partial charge in [-0.15, -0.1) is 0 Å². The smallest absolute Gasteiger partial charge is 0.410 e. The van der Waals surface area contributed by atoms with Crippen LogP contribution in [0.2, 0.25) is 0 Å². The molecule has 1 amide bonds. The number of hydrogen-bond donors (Lipinski definition) is 1. The molecule has 0 bridgehead atoms. The molecule has 0 fully saturated rings. The zero-order valence-corrected chi connectivity index (χ0v) is 18.8. The highest BCUT2D eigenvalue weighted by Crippen LogP contribution is 2.44. The third-order valence-electron chi connectivity index (χ3n) is 6.67. The van der Waals surface area contributed by atoms with Crippen molar-refractivity contribution in [2.45, 2.75) is 18.4 Å². The quantitative estimate of drug-likeness (QED) is 0.407. The molecule has 1 N–H and O–H groups in total. The Kier molecular flexibility index (Phi) is 5.76. The fourth-order valence-electron chi connectivity index (χ4n) is 4.89. The molecular formula is C29H25NO4. The first-order chi connectivity index (χ1) is 16.5. The van der Waals surface area contributed by atoms with E-state index in [1.165, 1.54) is 11.9 Å². The lowest BCUT2D eigenvalue weighted by Crippen LogP contribution is -2.44. The van der Waals surface area contributed by atoms with Gasteiger partial charge in [0.25, 0.3) is 0 Å². The van der Waals surface area contributed by atoms with Crippen molar-refractivity contribution in [1.29, 1.82) is 0 Å². The summed E-state index contributed by atoms with van der Waals surface area (Å²) in [6.07, 6.45) is -0.452. The largest absolute Gasteiger partial charge is 0.480 e. The van der Waals surface area contributed by atoms with Gasteiger partial charge >= 0.3 is 12.1 Å². The second-order valence-electron chi connectivity index (χ2n) is 8.61. The van der Waals surface area contributed by atoms with Crippen molar-refractivity contribution >= 4 is 22.8 Å². The summed E-state index contributed by atoms with van der Waals surface area (Å²) in [4.78, 5) is 26.3. The van der Waals surface area contributed by atoms with Crippen LogP contribution in [0, 0.1) is 0 Å². The molecule has 0 heterocycles. The molecule has 0 aromatic heterocycles. The Hall–Kier alpha value is -4.12. The van der Waals surface area contributed by atoms with Crippen LogP contribution in [0.15, 0.2) is 91.0 Å². The molecule has 0 spiro atoms. The number of nitrogens with zero attached hydrogens (tertiary/aromatic N) is 1. The maximum atomic E-state index is 13.0. The molecule has 0 saturated heterocycles. The summed E-state index contributed by atoms with van der Waals surface area (Å²) in [5, 5.41) is 11.9. The van der Waals surface area contributed by atoms with Crippen LogP contribution in [0.4, 0.5) is 4.79 Å². The first-order valence-electron chi connectivity index (χ1n) is 11.3. The second-order valence-corrected chi connectivity index (χ2v) is 8.61. The first kappa shape index (κ1) is 21.7. The van der Waals surface area contributed by atoms with Crippen LogP contribution in [0.3, 0.4) is 0 Å². The van der Waals surface area contributed by atoms with Gasteiger partial charge in [-0.2, -0.15) is 0 Å². The van der Waals surface area contributed by atoms with E-state index >= 15 is 0 Å². The van der Waals surface area contributed by atoms with E-state index in [1.54, 1.807) is 0 Å². The molecule has 0 aliphatic heterocycles. The minimum absolute atomic E-state index is 0.0777. The lowest BCUT2D eigenvalue weighted by Gasteiger charge is -2.25. The van der Waals surface area contributed by atoms with E-state index < -0.39 is 18.1 Å². The van der Waals surface area contributed by atoms with E-state index in [0.717, 1.165) is 38.6 Å². The summed E-state index contributed by atoms with van der Waals surface area (Å²) in [6.45, 7) is 0.151. The predicted molar refractivity (Wildman–Crippen MR) is 132 cm³/mol. The van der Waals surface area contributed by atoms with Gasteiger partial charge in [-0.3, -0.25) is 4.90 Å². The molecule has 5 heteroatoms. The number of benzene rings is 4. The van der Waals surface area contributed by atoms with Crippen LogP contribution in [-0.2, 0) is 16.0 Å². The Morgan fingerprint density at radius 2 is 1.44 bits per heavy atom. The molecule has 1 aliphatic rings. The molecule has 5 rings (SSSR count). The number of amides is 1. The van der Waals surface area contributed by atoms with Crippen molar-refractivity contribution < 1.29 is 19.4 Å². The van der Waals surface area contributed by atoms with E-state index in [-0.39, 0.29) is 18.9 Å². The van der Waals surface area contributed by atoms with Crippen molar-refractivity contribution in [2.75, 3.05) is 13.7 Å². The van der Waals surface area contributed by atoms with Crippen LogP contribution in [0.5, 0.6) is 0 Å². The number of ether oxygens (including phenoxy) is 1. The Balaban J connectivity index is 1.33. The van der Waals surface area contributed by atoms with Crippen LogP contribution >= 0.6 is 0 Å². The monoisotopic (exact) mass is 451 g/mol. The van der Waals surface area contributed by atoms with Gasteiger partial charge in [-0.25, -0.2) is 9.59 Å². The van der Waals surface area contributed by atoms with Gasteiger partial charge in [0.15, 0.2) is 0 Å². The van der Waals surface area contributed by atoms with Gasteiger partial charge in [0.2, 0.25) is 0 Å². The molecule has 4 aromatic rings. The van der Waals surface area contributed by atoms with Crippen molar-refractivity contribution in [3.8, 4) is 11.1 Å². The fourth-order valence-corrected chi connectivity index (χ4v) is 4.89. The number of likely N-dealkylation sites (N-methyl/N-ethyl adjacent to an activating group) is 1. The molecule has 0 unspecified atom stereocenters. The van der Waals surface area contributed by atoms with Crippen molar-refractivity contribution in [1.82, 2.24) is 4.90 Å². The second kappa shape index (κ2) is 9.02. The Labute approximate surface area is 198 Å². The number of carboxylic acid groups (broad SMARTS) is 1. The molecule has 170 valence electrons. The fraction of sp³-hybridized carbons (Fsp3) is 0.172. The molecule has 34 heavy (non-hydrogen) atoms. The van der Waals surface area contributed by atoms with Crippen LogP contribution in [-0.4, -0.2) is 41.8 Å². The number of rotatable bonds is 6. The van der Waals surface area contributed by atoms with Gasteiger partial charge in [0.05, 0.1) is 0 Å². The van der Waals surface area contributed by atoms with E-state index in [2.05, 4.69) is 24.3 Å². The summed E-state index contributed by atoms with van der Waals surface area (Å²) < 4.78 is 5.68. The normalized spacial score (nSPS) is 13.2. The molecule has 1 aliphatic carbocycles. The van der Waals surface area contributed by atoms with Crippen molar-refractivity contribution in [3.05, 3.63) is 108 Å². The first-order valence-corrected chi connectivity index (χ1v) is 11.3. The summed E-state index contributed by atoms with van der Waals surface area (Å²) in [7, 11) is 1.49. The average Bonchev–Trinajstić information content (AvgIpc) is 3.19. The summed E-state index contributed by atoms with van der Waals surface area (Å²) in [5.74, 6) is -1.14. The lowest BCUT2D eigenvalue weighted by molar-refractivity contribution is -0.142. The third kappa shape index (κ3) is 3.90. The summed E-state index contributed by atoms with van der Waals surface area (Å²) in [5.41, 5.74) is 5.40. The van der Waals surface area contributed by atoms with E-state index in [0.29, 0.717) is 0 Å². The predicted octanol–water partition coefficient (Wildman–Crippen LogP) is 5.72. The molecule has 5 nitrogen and oxygen atoms in total. The number of fused-ring (bicyclic) bond motifs is 4. The van der Waals surface area contributed by atoms with Gasteiger partial charge in [0, 0.05) is 19.4 Å². The zero-order valence-electron chi connectivity index (χ0n) is 18.8. The SMILES string of the molecule is CN(C(=O)OCC1c2ccccc2-c2ccccc21)[C@H](Cc1cccc2ccccc12)C(=O)O. The summed E-state index contributed by atoms with van der Waals surface area (Å²) in [6, 6.07) is 28.8. The topological polar surface area (TPSA) is 66.8 Å². The number of carboxylic acids is 1. The number of hydrogen-bond acceptors (Lipinski definition) is 3. The highest BCUT2D eigenvalue weighted by atomic mass is 16.6. The Bertz CT molecular complexity index is 1330. The number of carbonyl (C=O) groups is 2. The Morgan fingerprint density at radius 3 is 2.12 bits per heavy atom. The van der Waals surface area contributed by atoms with Gasteiger partial charge in [0.1, 0.15) is 12.6 Å². The standard InChI is InChI=1S/C29H25NO4/c1-30(27(28(31)32)17-20-11-8-10-19-9-2-3-12-21(19)20)29(33)34-18-26-24-15-6-4-13-22(24)23-14-5-7-16-25(23)26/h2-16,26-27H,17-18H2,1H3,(H,31,32)/t27-/m1/s1. The van der Waals surface area contributed by atoms with Gasteiger partial charge in [-0.05, 0) is 38.6 Å². The highest BCUT2D eigenvalue weighted by Gasteiger charge is 2.32. The van der Waals surface area contributed by atoms with E-state index in [9.17, 15) is 14.7 Å². The number of carbonyl (C=O) groups excluding carboxylic acids is 1. The molecule has 1 atom stereocenters. The maximum absolute atomic E-state index is 13.0. The molecular weight excluding hydrogens is 426 g/mol. The van der Waals surface area contributed by atoms with Gasteiger partial charge in [-0.1, -0.05) is 91.0 Å². The molecule has 4 aromatic carbocycles. The van der Waals surface area contributed by atoms with Crippen molar-refractivity contribution in [2.24, 2.45) is 0 Å². The molecule has 0 saturated carbocycles.